The minimum atomic E-state index is -4.88. The first-order valence-corrected chi connectivity index (χ1v) is 11.1. The zero-order valence-corrected chi connectivity index (χ0v) is 19.9. The second-order valence-corrected chi connectivity index (χ2v) is 7.68. The third-order valence-corrected chi connectivity index (χ3v) is 4.70. The molecule has 0 unspecified atom stereocenters. The summed E-state index contributed by atoms with van der Waals surface area (Å²) in [6.07, 6.45) is -10.6. The van der Waals surface area contributed by atoms with Gasteiger partial charge in [-0.2, -0.15) is 13.2 Å². The molecule has 1 atom stereocenters. The minimum Gasteiger partial charge on any atom is -0.493 e. The first-order valence-electron chi connectivity index (χ1n) is 11.1. The highest BCUT2D eigenvalue weighted by Crippen LogP contribution is 2.23. The van der Waals surface area contributed by atoms with Crippen molar-refractivity contribution in [2.75, 3.05) is 19.8 Å². The monoisotopic (exact) mass is 550 g/mol. The van der Waals surface area contributed by atoms with Crippen LogP contribution in [0, 0.1) is 0 Å². The number of carbonyl (C=O) groups is 3. The molecule has 38 heavy (non-hydrogen) atoms. The topological polar surface area (TPSA) is 103 Å². The van der Waals surface area contributed by atoms with Crippen LogP contribution < -0.4 is 20.1 Å². The van der Waals surface area contributed by atoms with Crippen molar-refractivity contribution >= 4 is 17.8 Å². The predicted molar refractivity (Wildman–Crippen MR) is 120 cm³/mol. The smallest absolute Gasteiger partial charge is 0.493 e. The maximum atomic E-state index is 12.7. The fraction of sp³-hybridized carbons (Fsp3) is 0.375. The van der Waals surface area contributed by atoms with Gasteiger partial charge in [0.2, 0.25) is 5.91 Å². The van der Waals surface area contributed by atoms with Gasteiger partial charge in [-0.1, -0.05) is 12.1 Å². The molecule has 8 nitrogen and oxygen atoms in total. The van der Waals surface area contributed by atoms with Crippen LogP contribution >= 0.6 is 0 Å². The Balaban J connectivity index is 2.10. The molecule has 0 aliphatic carbocycles. The van der Waals surface area contributed by atoms with Crippen molar-refractivity contribution in [1.82, 2.24) is 10.6 Å². The summed E-state index contributed by atoms with van der Waals surface area (Å²) < 4.78 is 87.4. The molecule has 2 rings (SSSR count). The van der Waals surface area contributed by atoms with Gasteiger partial charge in [0.05, 0.1) is 19.6 Å². The summed E-state index contributed by atoms with van der Waals surface area (Å²) in [7, 11) is 0. The highest BCUT2D eigenvalue weighted by Gasteiger charge is 2.31. The largest absolute Gasteiger partial charge is 0.573 e. The quantitative estimate of drug-likeness (QED) is 0.307. The van der Waals surface area contributed by atoms with Gasteiger partial charge in [0.15, 0.2) is 0 Å². The fourth-order valence-corrected chi connectivity index (χ4v) is 3.00. The van der Waals surface area contributed by atoms with E-state index in [0.29, 0.717) is 5.56 Å². The summed E-state index contributed by atoms with van der Waals surface area (Å²) in [5.74, 6) is -2.61. The van der Waals surface area contributed by atoms with Gasteiger partial charge in [0.25, 0.3) is 5.91 Å². The number of ether oxygens (including phenoxy) is 3. The molecular formula is C24H24F6N2O6. The lowest BCUT2D eigenvalue weighted by molar-refractivity contribution is -0.274. The maximum Gasteiger partial charge on any atom is 0.573 e. The number of alkyl halides is 6. The van der Waals surface area contributed by atoms with Crippen molar-refractivity contribution in [3.05, 3.63) is 59.7 Å². The summed E-state index contributed by atoms with van der Waals surface area (Å²) in [6.45, 7) is 0.560. The molecule has 0 aromatic heterocycles. The molecule has 0 fully saturated rings. The predicted octanol–water partition coefficient (Wildman–Crippen LogP) is 3.94. The minimum absolute atomic E-state index is 0.0466. The highest BCUT2D eigenvalue weighted by molar-refractivity contribution is 5.98. The summed E-state index contributed by atoms with van der Waals surface area (Å²) in [4.78, 5) is 37.0. The Morgan fingerprint density at radius 2 is 1.50 bits per heavy atom. The lowest BCUT2D eigenvalue weighted by Gasteiger charge is -2.19. The van der Waals surface area contributed by atoms with E-state index in [1.807, 2.05) is 0 Å². The van der Waals surface area contributed by atoms with Gasteiger partial charge in [-0.05, 0) is 48.9 Å². The van der Waals surface area contributed by atoms with E-state index in [-0.39, 0.29) is 24.3 Å². The molecule has 2 aromatic rings. The van der Waals surface area contributed by atoms with Gasteiger partial charge < -0.3 is 24.8 Å². The van der Waals surface area contributed by atoms with Crippen molar-refractivity contribution in [3.63, 3.8) is 0 Å². The molecule has 208 valence electrons. The van der Waals surface area contributed by atoms with Gasteiger partial charge >= 0.3 is 18.5 Å². The Hall–Kier alpha value is -3.97. The molecule has 0 radical (unpaired) electrons. The number of carbonyl (C=O) groups excluding carboxylic acids is 3. The van der Waals surface area contributed by atoms with Crippen molar-refractivity contribution in [3.8, 4) is 11.5 Å². The van der Waals surface area contributed by atoms with Gasteiger partial charge in [-0.3, -0.25) is 14.4 Å². The van der Waals surface area contributed by atoms with Crippen LogP contribution in [0.25, 0.3) is 0 Å². The van der Waals surface area contributed by atoms with E-state index >= 15 is 0 Å². The summed E-state index contributed by atoms with van der Waals surface area (Å²) >= 11 is 0. The Bertz CT molecular complexity index is 1070. The second kappa shape index (κ2) is 13.5. The molecule has 0 bridgehead atoms. The van der Waals surface area contributed by atoms with Crippen LogP contribution in [0.1, 0.15) is 29.3 Å². The van der Waals surface area contributed by atoms with E-state index in [9.17, 15) is 40.7 Å². The third-order valence-electron chi connectivity index (χ3n) is 4.70. The molecule has 0 saturated heterocycles. The Kier molecular flexibility index (Phi) is 10.8. The highest BCUT2D eigenvalue weighted by atomic mass is 19.4. The number of halogens is 6. The van der Waals surface area contributed by atoms with Crippen molar-refractivity contribution < 1.29 is 54.9 Å². The molecule has 0 aliphatic heterocycles. The maximum absolute atomic E-state index is 12.7. The zero-order chi connectivity index (χ0) is 28.3. The number of benzene rings is 2. The number of hydrogen-bond donors (Lipinski definition) is 2. The number of esters is 1. The molecule has 2 N–H and O–H groups in total. The summed E-state index contributed by atoms with van der Waals surface area (Å²) in [5, 5.41) is 4.79. The average molecular weight is 550 g/mol. The van der Waals surface area contributed by atoms with E-state index in [1.54, 1.807) is 6.92 Å². The van der Waals surface area contributed by atoms with Crippen molar-refractivity contribution in [1.29, 1.82) is 0 Å². The van der Waals surface area contributed by atoms with E-state index in [4.69, 9.17) is 9.47 Å². The van der Waals surface area contributed by atoms with Gasteiger partial charge in [-0.25, -0.2) is 0 Å². The normalized spacial score (nSPS) is 12.3. The zero-order valence-electron chi connectivity index (χ0n) is 19.9. The molecule has 0 heterocycles. The number of amides is 2. The summed E-state index contributed by atoms with van der Waals surface area (Å²) in [6, 6.07) is 8.46. The van der Waals surface area contributed by atoms with Crippen LogP contribution in [-0.4, -0.2) is 56.1 Å². The van der Waals surface area contributed by atoms with E-state index in [2.05, 4.69) is 15.4 Å². The molecule has 0 spiro atoms. The second-order valence-electron chi connectivity index (χ2n) is 7.68. The SMILES string of the molecule is CCOC(=O)CNC(=O)[C@H](Cc1ccc(OC(F)(F)F)cc1)NC(=O)c1ccc(OCCC(F)(F)F)cc1. The van der Waals surface area contributed by atoms with Crippen LogP contribution in [0.15, 0.2) is 48.5 Å². The van der Waals surface area contributed by atoms with Crippen molar-refractivity contribution in [2.24, 2.45) is 0 Å². The van der Waals surface area contributed by atoms with Gasteiger partial charge in [0, 0.05) is 12.0 Å². The first-order chi connectivity index (χ1) is 17.8. The molecule has 2 aromatic carbocycles. The Morgan fingerprint density at radius 3 is 2.05 bits per heavy atom. The Labute approximate surface area is 213 Å². The van der Waals surface area contributed by atoms with E-state index < -0.39 is 61.7 Å². The standard InChI is InChI=1S/C24H24F6N2O6/c1-2-36-20(33)14-31-22(35)19(13-15-3-7-18(8-4-15)38-24(28,29)30)32-21(34)16-5-9-17(10-6-16)37-12-11-23(25,26)27/h3-10,19H,2,11-14H2,1H3,(H,31,35)(H,32,34)/t19-/m0/s1. The van der Waals surface area contributed by atoms with Gasteiger partial charge in [0.1, 0.15) is 24.1 Å². The van der Waals surface area contributed by atoms with E-state index in [1.165, 1.54) is 36.4 Å². The number of rotatable bonds is 12. The number of hydrogen-bond acceptors (Lipinski definition) is 6. The molecule has 0 saturated carbocycles. The third kappa shape index (κ3) is 11.4. The molecule has 14 heteroatoms. The fourth-order valence-electron chi connectivity index (χ4n) is 3.00. The number of nitrogens with one attached hydrogen (secondary N) is 2. The van der Waals surface area contributed by atoms with E-state index in [0.717, 1.165) is 12.1 Å². The van der Waals surface area contributed by atoms with Crippen LogP contribution in [0.5, 0.6) is 11.5 Å². The van der Waals surface area contributed by atoms with Crippen LogP contribution in [0.3, 0.4) is 0 Å². The van der Waals surface area contributed by atoms with Crippen LogP contribution in [-0.2, 0) is 20.7 Å². The summed E-state index contributed by atoms with van der Waals surface area (Å²) in [5.41, 5.74) is 0.412. The van der Waals surface area contributed by atoms with Crippen LogP contribution in [0.2, 0.25) is 0 Å². The van der Waals surface area contributed by atoms with Gasteiger partial charge in [-0.15, -0.1) is 13.2 Å². The Morgan fingerprint density at radius 1 is 0.895 bits per heavy atom. The average Bonchev–Trinajstić information content (AvgIpc) is 2.82. The van der Waals surface area contributed by atoms with Crippen LogP contribution in [0.4, 0.5) is 26.3 Å². The first kappa shape index (κ1) is 30.3. The van der Waals surface area contributed by atoms with Crippen molar-refractivity contribution in [2.45, 2.75) is 38.3 Å². The molecular weight excluding hydrogens is 526 g/mol. The lowest BCUT2D eigenvalue weighted by Crippen LogP contribution is -2.49. The lowest BCUT2D eigenvalue weighted by atomic mass is 10.0. The molecule has 2 amide bonds. The molecule has 0 aliphatic rings.